The van der Waals surface area contributed by atoms with Crippen LogP contribution in [0.4, 0.5) is 0 Å². The summed E-state index contributed by atoms with van der Waals surface area (Å²) in [4.78, 5) is 0. The van der Waals surface area contributed by atoms with Gasteiger partial charge < -0.3 is 0 Å². The Morgan fingerprint density at radius 3 is 2.24 bits per heavy atom. The summed E-state index contributed by atoms with van der Waals surface area (Å²) in [5, 5.41) is 0. The van der Waals surface area contributed by atoms with Crippen LogP contribution >= 0.6 is 0 Å². The molecule has 0 heteroatoms. The highest BCUT2D eigenvalue weighted by Crippen LogP contribution is 2.49. The zero-order chi connectivity index (χ0) is 11.3. The van der Waals surface area contributed by atoms with Crippen molar-refractivity contribution in [3.8, 4) is 11.1 Å². The highest BCUT2D eigenvalue weighted by Gasteiger charge is 2.35. The third-order valence-corrected chi connectivity index (χ3v) is 3.79. The smallest absolute Gasteiger partial charge is 0.0161 e. The van der Waals surface area contributed by atoms with Crippen LogP contribution in [0.2, 0.25) is 0 Å². The van der Waals surface area contributed by atoms with Crippen molar-refractivity contribution < 1.29 is 0 Å². The average Bonchev–Trinajstić information content (AvgIpc) is 2.50. The Morgan fingerprint density at radius 2 is 1.47 bits per heavy atom. The molecule has 2 aromatic carbocycles. The van der Waals surface area contributed by atoms with Crippen LogP contribution in [-0.2, 0) is 5.41 Å². The van der Waals surface area contributed by atoms with Gasteiger partial charge in [-0.1, -0.05) is 63.7 Å². The molecular formula is C17H20. The molecule has 3 rings (SSSR count). The molecule has 0 atom stereocenters. The minimum atomic E-state index is 0. The molecule has 0 unspecified atom stereocenters. The molecule has 0 radical (unpaired) electrons. The van der Waals surface area contributed by atoms with Crippen molar-refractivity contribution in [1.82, 2.24) is 0 Å². The summed E-state index contributed by atoms with van der Waals surface area (Å²) in [5.74, 6) is 0. The van der Waals surface area contributed by atoms with Gasteiger partial charge in [0.25, 0.3) is 0 Å². The lowest BCUT2D eigenvalue weighted by atomic mass is 9.80. The Hall–Kier alpha value is -1.56. The van der Waals surface area contributed by atoms with Crippen LogP contribution in [0, 0.1) is 6.92 Å². The van der Waals surface area contributed by atoms with E-state index in [9.17, 15) is 0 Å². The summed E-state index contributed by atoms with van der Waals surface area (Å²) in [6.07, 6.45) is 0. The molecular weight excluding hydrogens is 204 g/mol. The van der Waals surface area contributed by atoms with Crippen LogP contribution in [-0.4, -0.2) is 0 Å². The van der Waals surface area contributed by atoms with Gasteiger partial charge in [-0.25, -0.2) is 0 Å². The van der Waals surface area contributed by atoms with Crippen molar-refractivity contribution in [2.24, 2.45) is 0 Å². The summed E-state index contributed by atoms with van der Waals surface area (Å²) in [6.45, 7) is 6.86. The Bertz CT molecular complexity index is 562. The quantitative estimate of drug-likeness (QED) is 0.594. The number of hydrogen-bond acceptors (Lipinski definition) is 0. The second-order valence-corrected chi connectivity index (χ2v) is 5.17. The Balaban J connectivity index is 0.00000108. The lowest BCUT2D eigenvalue weighted by molar-refractivity contribution is 0.655. The molecule has 0 aliphatic heterocycles. The highest BCUT2D eigenvalue weighted by atomic mass is 14.4. The maximum absolute atomic E-state index is 2.32. The monoisotopic (exact) mass is 224 g/mol. The van der Waals surface area contributed by atoms with Gasteiger partial charge in [-0.3, -0.25) is 0 Å². The van der Waals surface area contributed by atoms with E-state index in [1.165, 1.54) is 27.8 Å². The molecule has 2 aromatic rings. The largest absolute Gasteiger partial charge is 0.0776 e. The second-order valence-electron chi connectivity index (χ2n) is 5.17. The van der Waals surface area contributed by atoms with E-state index in [-0.39, 0.29) is 12.8 Å². The van der Waals surface area contributed by atoms with Gasteiger partial charge in [-0.2, -0.15) is 0 Å². The van der Waals surface area contributed by atoms with E-state index in [0.29, 0.717) is 0 Å². The molecule has 0 saturated carbocycles. The van der Waals surface area contributed by atoms with Gasteiger partial charge in [0, 0.05) is 5.41 Å². The third-order valence-electron chi connectivity index (χ3n) is 3.79. The van der Waals surface area contributed by atoms with Crippen LogP contribution in [0.15, 0.2) is 42.5 Å². The molecule has 0 spiro atoms. The summed E-state index contributed by atoms with van der Waals surface area (Å²) in [5.41, 5.74) is 7.33. The van der Waals surface area contributed by atoms with Crippen molar-refractivity contribution in [3.05, 3.63) is 59.2 Å². The number of rotatable bonds is 0. The molecule has 0 nitrogen and oxygen atoms in total. The number of fused-ring (bicyclic) bond motifs is 3. The molecule has 0 amide bonds. The molecule has 88 valence electrons. The summed E-state index contributed by atoms with van der Waals surface area (Å²) < 4.78 is 0. The van der Waals surface area contributed by atoms with Gasteiger partial charge in [-0.05, 0) is 34.7 Å². The highest BCUT2D eigenvalue weighted by molar-refractivity contribution is 5.81. The van der Waals surface area contributed by atoms with Crippen molar-refractivity contribution in [3.63, 3.8) is 0 Å². The van der Waals surface area contributed by atoms with Crippen molar-refractivity contribution in [1.29, 1.82) is 0 Å². The molecule has 1 aliphatic carbocycles. The molecule has 0 N–H and O–H groups in total. The second kappa shape index (κ2) is 3.73. The Morgan fingerprint density at radius 1 is 0.824 bits per heavy atom. The number of aryl methyl sites for hydroxylation is 1. The molecule has 0 heterocycles. The molecule has 0 fully saturated rings. The van der Waals surface area contributed by atoms with E-state index in [4.69, 9.17) is 0 Å². The maximum Gasteiger partial charge on any atom is 0.0161 e. The SMILES string of the molecule is C.Cc1cccc2c1C(C)(C)c1ccccc1-2. The molecule has 0 aromatic heterocycles. The summed E-state index contributed by atoms with van der Waals surface area (Å²) in [6, 6.07) is 15.4. The minimum absolute atomic E-state index is 0. The predicted octanol–water partition coefficient (Wildman–Crippen LogP) is 4.94. The molecule has 0 saturated heterocycles. The summed E-state index contributed by atoms with van der Waals surface area (Å²) >= 11 is 0. The van der Waals surface area contributed by atoms with E-state index in [2.05, 4.69) is 63.2 Å². The van der Waals surface area contributed by atoms with E-state index >= 15 is 0 Å². The average molecular weight is 224 g/mol. The van der Waals surface area contributed by atoms with Gasteiger partial charge in [0.05, 0.1) is 0 Å². The normalized spacial score (nSPS) is 14.8. The third kappa shape index (κ3) is 1.44. The van der Waals surface area contributed by atoms with Crippen LogP contribution in [0.5, 0.6) is 0 Å². The standard InChI is InChI=1S/C16H16.CH4/c1-11-7-6-9-13-12-8-4-5-10-14(12)16(2,3)15(11)13;/h4-10H,1-3H3;1H4. The van der Waals surface area contributed by atoms with E-state index in [0.717, 1.165) is 0 Å². The fraction of sp³-hybridized carbons (Fsp3) is 0.294. The van der Waals surface area contributed by atoms with Crippen LogP contribution < -0.4 is 0 Å². The van der Waals surface area contributed by atoms with Gasteiger partial charge in [-0.15, -0.1) is 0 Å². The first kappa shape index (κ1) is 11.9. The van der Waals surface area contributed by atoms with Gasteiger partial charge in [0.15, 0.2) is 0 Å². The molecule has 1 aliphatic rings. The maximum atomic E-state index is 2.32. The van der Waals surface area contributed by atoms with E-state index in [1.54, 1.807) is 0 Å². The molecule has 17 heavy (non-hydrogen) atoms. The number of hydrogen-bond donors (Lipinski definition) is 0. The van der Waals surface area contributed by atoms with Crippen molar-refractivity contribution >= 4 is 0 Å². The lowest BCUT2D eigenvalue weighted by Crippen LogP contribution is -2.16. The van der Waals surface area contributed by atoms with E-state index < -0.39 is 0 Å². The van der Waals surface area contributed by atoms with Crippen LogP contribution in [0.25, 0.3) is 11.1 Å². The van der Waals surface area contributed by atoms with Crippen molar-refractivity contribution in [2.75, 3.05) is 0 Å². The first-order valence-corrected chi connectivity index (χ1v) is 5.82. The van der Waals surface area contributed by atoms with Gasteiger partial charge >= 0.3 is 0 Å². The predicted molar refractivity (Wildman–Crippen MR) is 75.5 cm³/mol. The number of benzene rings is 2. The van der Waals surface area contributed by atoms with Crippen molar-refractivity contribution in [2.45, 2.75) is 33.6 Å². The zero-order valence-corrected chi connectivity index (χ0v) is 10.0. The summed E-state index contributed by atoms with van der Waals surface area (Å²) in [7, 11) is 0. The Kier molecular flexibility index (Phi) is 2.61. The topological polar surface area (TPSA) is 0 Å². The lowest BCUT2D eigenvalue weighted by Gasteiger charge is -2.23. The minimum Gasteiger partial charge on any atom is -0.0776 e. The zero-order valence-electron chi connectivity index (χ0n) is 10.0. The molecule has 0 bridgehead atoms. The van der Waals surface area contributed by atoms with Gasteiger partial charge in [0.1, 0.15) is 0 Å². The first-order chi connectivity index (χ1) is 7.62. The van der Waals surface area contributed by atoms with E-state index in [1.807, 2.05) is 0 Å². The van der Waals surface area contributed by atoms with Gasteiger partial charge in [0.2, 0.25) is 0 Å². The Labute approximate surface area is 104 Å². The first-order valence-electron chi connectivity index (χ1n) is 5.82. The fourth-order valence-electron chi connectivity index (χ4n) is 3.12. The fourth-order valence-corrected chi connectivity index (χ4v) is 3.12. The van der Waals surface area contributed by atoms with Crippen LogP contribution in [0.1, 0.15) is 38.0 Å². The van der Waals surface area contributed by atoms with Crippen LogP contribution in [0.3, 0.4) is 0 Å².